The van der Waals surface area contributed by atoms with Crippen LogP contribution in [0.2, 0.25) is 0 Å². The Morgan fingerprint density at radius 1 is 1.29 bits per heavy atom. The van der Waals surface area contributed by atoms with Gasteiger partial charge in [0.2, 0.25) is 0 Å². The topological polar surface area (TPSA) is 72.2 Å². The van der Waals surface area contributed by atoms with Gasteiger partial charge in [0.15, 0.2) is 11.5 Å². The summed E-state index contributed by atoms with van der Waals surface area (Å²) in [5, 5.41) is 6.64. The summed E-state index contributed by atoms with van der Waals surface area (Å²) in [6, 6.07) is 6.83. The van der Waals surface area contributed by atoms with Crippen molar-refractivity contribution in [2.45, 2.75) is 33.6 Å². The third-order valence-electron chi connectivity index (χ3n) is 3.17. The highest BCUT2D eigenvalue weighted by Crippen LogP contribution is 2.23. The number of aromatic nitrogens is 1. The van der Waals surface area contributed by atoms with Crippen LogP contribution in [0.1, 0.15) is 58.9 Å². The number of benzene rings is 1. The van der Waals surface area contributed by atoms with Crippen LogP contribution in [0.3, 0.4) is 0 Å². The molecule has 5 heteroatoms. The fourth-order valence-corrected chi connectivity index (χ4v) is 2.07. The van der Waals surface area contributed by atoms with Crippen LogP contribution in [0, 0.1) is 6.92 Å². The minimum atomic E-state index is -0.279. The molecule has 0 aliphatic rings. The van der Waals surface area contributed by atoms with Gasteiger partial charge in [-0.2, -0.15) is 0 Å². The molecule has 2 rings (SSSR count). The monoisotopic (exact) mass is 286 g/mol. The fraction of sp³-hybridized carbons (Fsp3) is 0.312. The van der Waals surface area contributed by atoms with Crippen molar-refractivity contribution >= 4 is 17.4 Å². The van der Waals surface area contributed by atoms with E-state index in [1.165, 1.54) is 6.92 Å². The minimum Gasteiger partial charge on any atom is -0.360 e. The van der Waals surface area contributed by atoms with Crippen molar-refractivity contribution in [3.8, 4) is 0 Å². The van der Waals surface area contributed by atoms with E-state index in [-0.39, 0.29) is 17.6 Å². The minimum absolute atomic E-state index is 0.0462. The molecule has 0 spiro atoms. The average molecular weight is 286 g/mol. The molecule has 21 heavy (non-hydrogen) atoms. The van der Waals surface area contributed by atoms with Gasteiger partial charge in [0.25, 0.3) is 5.91 Å². The normalized spacial score (nSPS) is 10.7. The smallest absolute Gasteiger partial charge is 0.261 e. The second-order valence-corrected chi connectivity index (χ2v) is 5.25. The van der Waals surface area contributed by atoms with E-state index >= 15 is 0 Å². The van der Waals surface area contributed by atoms with E-state index in [4.69, 9.17) is 4.52 Å². The Hall–Kier alpha value is -2.43. The number of amides is 1. The Bertz CT molecular complexity index is 687. The zero-order valence-corrected chi connectivity index (χ0v) is 12.6. The van der Waals surface area contributed by atoms with E-state index in [1.807, 2.05) is 13.8 Å². The summed E-state index contributed by atoms with van der Waals surface area (Å²) >= 11 is 0. The molecule has 5 nitrogen and oxygen atoms in total. The van der Waals surface area contributed by atoms with E-state index in [2.05, 4.69) is 10.5 Å². The van der Waals surface area contributed by atoms with Crippen LogP contribution in [0.5, 0.6) is 0 Å². The summed E-state index contributed by atoms with van der Waals surface area (Å²) in [6.45, 7) is 7.10. The summed E-state index contributed by atoms with van der Waals surface area (Å²) < 4.78 is 5.21. The maximum absolute atomic E-state index is 12.4. The van der Waals surface area contributed by atoms with E-state index in [0.717, 1.165) is 0 Å². The number of hydrogen-bond donors (Lipinski definition) is 1. The molecule has 0 saturated heterocycles. The zero-order valence-electron chi connectivity index (χ0n) is 12.6. The van der Waals surface area contributed by atoms with Gasteiger partial charge in [-0.15, -0.1) is 0 Å². The van der Waals surface area contributed by atoms with Crippen LogP contribution in [0.4, 0.5) is 5.69 Å². The van der Waals surface area contributed by atoms with E-state index in [1.54, 1.807) is 31.2 Å². The summed E-state index contributed by atoms with van der Waals surface area (Å²) in [5.74, 6) is 0.302. The highest BCUT2D eigenvalue weighted by Gasteiger charge is 2.22. The second kappa shape index (κ2) is 5.91. The molecule has 1 N–H and O–H groups in total. The second-order valence-electron chi connectivity index (χ2n) is 5.25. The molecule has 0 fully saturated rings. The summed E-state index contributed by atoms with van der Waals surface area (Å²) in [5.41, 5.74) is 2.14. The molecule has 110 valence electrons. The number of aryl methyl sites for hydroxylation is 1. The SMILES string of the molecule is CC(=O)c1cccc(NC(=O)c2c(C)noc2C(C)C)c1. The zero-order chi connectivity index (χ0) is 15.6. The number of ketones is 1. The Morgan fingerprint density at radius 2 is 2.00 bits per heavy atom. The predicted octanol–water partition coefficient (Wildman–Crippen LogP) is 3.56. The maximum Gasteiger partial charge on any atom is 0.261 e. The van der Waals surface area contributed by atoms with Gasteiger partial charge in [-0.25, -0.2) is 0 Å². The lowest BCUT2D eigenvalue weighted by Crippen LogP contribution is -2.15. The number of nitrogens with zero attached hydrogens (tertiary/aromatic N) is 1. The molecule has 2 aromatic rings. The molecule has 1 aromatic heterocycles. The lowest BCUT2D eigenvalue weighted by molar-refractivity contribution is 0.101. The van der Waals surface area contributed by atoms with E-state index < -0.39 is 0 Å². The number of carbonyl (C=O) groups is 2. The van der Waals surface area contributed by atoms with Crippen molar-refractivity contribution < 1.29 is 14.1 Å². The van der Waals surface area contributed by atoms with E-state index in [0.29, 0.717) is 28.3 Å². The van der Waals surface area contributed by atoms with Crippen molar-refractivity contribution in [1.29, 1.82) is 0 Å². The first-order valence-electron chi connectivity index (χ1n) is 6.78. The van der Waals surface area contributed by atoms with Crippen LogP contribution in [-0.4, -0.2) is 16.8 Å². The van der Waals surface area contributed by atoms with Crippen LogP contribution in [0.15, 0.2) is 28.8 Å². The standard InChI is InChI=1S/C16H18N2O3/c1-9(2)15-14(10(3)18-21-15)16(20)17-13-7-5-6-12(8-13)11(4)19/h5-9H,1-4H3,(H,17,20). The van der Waals surface area contributed by atoms with Gasteiger partial charge in [-0.1, -0.05) is 31.1 Å². The molecule has 1 heterocycles. The summed E-state index contributed by atoms with van der Waals surface area (Å²) in [4.78, 5) is 23.8. The Balaban J connectivity index is 2.28. The number of nitrogens with one attached hydrogen (secondary N) is 1. The predicted molar refractivity (Wildman–Crippen MR) is 79.7 cm³/mol. The molecule has 0 bridgehead atoms. The molecular weight excluding hydrogens is 268 g/mol. The highest BCUT2D eigenvalue weighted by molar-refractivity contribution is 6.06. The summed E-state index contributed by atoms with van der Waals surface area (Å²) in [6.07, 6.45) is 0. The van der Waals surface area contributed by atoms with E-state index in [9.17, 15) is 9.59 Å². The lowest BCUT2D eigenvalue weighted by Gasteiger charge is -2.08. The van der Waals surface area contributed by atoms with Crippen molar-refractivity contribution in [2.24, 2.45) is 0 Å². The van der Waals surface area contributed by atoms with Crippen molar-refractivity contribution in [3.05, 3.63) is 46.8 Å². The largest absolute Gasteiger partial charge is 0.360 e. The van der Waals surface area contributed by atoms with Gasteiger partial charge in [0.05, 0.1) is 5.69 Å². The molecule has 1 amide bonds. The average Bonchev–Trinajstić information content (AvgIpc) is 2.81. The lowest BCUT2D eigenvalue weighted by atomic mass is 10.0. The molecule has 0 unspecified atom stereocenters. The van der Waals surface area contributed by atoms with Crippen molar-refractivity contribution in [2.75, 3.05) is 5.32 Å². The molecule has 0 aliphatic heterocycles. The third kappa shape index (κ3) is 3.18. The first-order valence-corrected chi connectivity index (χ1v) is 6.78. The quantitative estimate of drug-likeness (QED) is 0.872. The van der Waals surface area contributed by atoms with Gasteiger partial charge in [-0.05, 0) is 26.0 Å². The highest BCUT2D eigenvalue weighted by atomic mass is 16.5. The Kier molecular flexibility index (Phi) is 4.21. The van der Waals surface area contributed by atoms with Crippen LogP contribution in [0.25, 0.3) is 0 Å². The van der Waals surface area contributed by atoms with Crippen LogP contribution < -0.4 is 5.32 Å². The van der Waals surface area contributed by atoms with Crippen molar-refractivity contribution in [3.63, 3.8) is 0 Å². The van der Waals surface area contributed by atoms with Gasteiger partial charge in [0.1, 0.15) is 5.56 Å². The molecule has 0 aliphatic carbocycles. The third-order valence-corrected chi connectivity index (χ3v) is 3.17. The maximum atomic E-state index is 12.4. The Labute approximate surface area is 123 Å². The Morgan fingerprint density at radius 3 is 2.62 bits per heavy atom. The van der Waals surface area contributed by atoms with Crippen molar-refractivity contribution in [1.82, 2.24) is 5.16 Å². The number of anilines is 1. The van der Waals surface area contributed by atoms with Gasteiger partial charge >= 0.3 is 0 Å². The fourth-order valence-electron chi connectivity index (χ4n) is 2.07. The van der Waals surface area contributed by atoms with Gasteiger partial charge in [-0.3, -0.25) is 9.59 Å². The number of Topliss-reactive ketones (excluding diaryl/α,β-unsaturated/α-hetero) is 1. The molecule has 0 radical (unpaired) electrons. The summed E-state index contributed by atoms with van der Waals surface area (Å²) in [7, 11) is 0. The number of carbonyl (C=O) groups excluding carboxylic acids is 2. The molecule has 0 saturated carbocycles. The van der Waals surface area contributed by atoms with Gasteiger partial charge < -0.3 is 9.84 Å². The number of hydrogen-bond acceptors (Lipinski definition) is 4. The molecule has 0 atom stereocenters. The molecule has 1 aromatic carbocycles. The van der Waals surface area contributed by atoms with Crippen LogP contribution in [-0.2, 0) is 0 Å². The number of rotatable bonds is 4. The van der Waals surface area contributed by atoms with Gasteiger partial charge in [0, 0.05) is 17.2 Å². The first-order chi connectivity index (χ1) is 9.90. The molecular formula is C16H18N2O3. The first kappa shape index (κ1) is 15.0. The van der Waals surface area contributed by atoms with Crippen LogP contribution >= 0.6 is 0 Å².